The van der Waals surface area contributed by atoms with Crippen molar-refractivity contribution >= 4 is 23.3 Å². The first kappa shape index (κ1) is 12.8. The number of ether oxygens (including phenoxy) is 1. The van der Waals surface area contributed by atoms with Crippen LogP contribution in [-0.4, -0.2) is 19.1 Å². The van der Waals surface area contributed by atoms with Crippen molar-refractivity contribution in [2.75, 3.05) is 18.5 Å². The first-order valence-corrected chi connectivity index (χ1v) is 5.67. The predicted octanol–water partition coefficient (Wildman–Crippen LogP) is 3.01. The van der Waals surface area contributed by atoms with Crippen molar-refractivity contribution in [3.63, 3.8) is 0 Å². The van der Waals surface area contributed by atoms with E-state index in [9.17, 15) is 4.79 Å². The molecule has 0 spiro atoms. The molecular formula is C12H16ClNO2. The molecule has 3 nitrogen and oxygen atoms in total. The van der Waals surface area contributed by atoms with Crippen LogP contribution in [0.4, 0.5) is 5.69 Å². The van der Waals surface area contributed by atoms with Crippen LogP contribution in [0.1, 0.15) is 18.9 Å². The Hall–Kier alpha value is -1.22. The lowest BCUT2D eigenvalue weighted by Gasteiger charge is -2.09. The number of esters is 1. The van der Waals surface area contributed by atoms with Gasteiger partial charge >= 0.3 is 5.97 Å². The van der Waals surface area contributed by atoms with Crippen LogP contribution in [0, 0.1) is 6.92 Å². The molecule has 16 heavy (non-hydrogen) atoms. The molecule has 0 bridgehead atoms. The van der Waals surface area contributed by atoms with Crippen LogP contribution in [0.15, 0.2) is 18.2 Å². The Morgan fingerprint density at radius 1 is 1.50 bits per heavy atom. The number of benzene rings is 1. The molecule has 1 aromatic rings. The summed E-state index contributed by atoms with van der Waals surface area (Å²) in [7, 11) is 0. The molecule has 0 heterocycles. The molecule has 0 aliphatic rings. The Kier molecular flexibility index (Phi) is 5.12. The Balaban J connectivity index is 2.43. The molecule has 0 saturated carbocycles. The summed E-state index contributed by atoms with van der Waals surface area (Å²) in [5.41, 5.74) is 1.95. The number of rotatable bonds is 5. The average molecular weight is 242 g/mol. The summed E-state index contributed by atoms with van der Waals surface area (Å²) in [6, 6.07) is 5.65. The van der Waals surface area contributed by atoms with Crippen LogP contribution < -0.4 is 5.32 Å². The number of carbonyl (C=O) groups is 1. The van der Waals surface area contributed by atoms with Crippen molar-refractivity contribution in [2.24, 2.45) is 0 Å². The molecule has 0 unspecified atom stereocenters. The van der Waals surface area contributed by atoms with Crippen LogP contribution in [0.3, 0.4) is 0 Å². The average Bonchev–Trinajstić information content (AvgIpc) is 2.25. The predicted molar refractivity (Wildman–Crippen MR) is 65.9 cm³/mol. The minimum atomic E-state index is -0.185. The number of anilines is 1. The first-order chi connectivity index (χ1) is 7.65. The Labute approximate surface area is 101 Å². The van der Waals surface area contributed by atoms with Crippen LogP contribution in [0.5, 0.6) is 0 Å². The van der Waals surface area contributed by atoms with E-state index in [-0.39, 0.29) is 5.97 Å². The zero-order valence-electron chi connectivity index (χ0n) is 9.55. The fraction of sp³-hybridized carbons (Fsp3) is 0.417. The largest absolute Gasteiger partial charge is 0.466 e. The molecular weight excluding hydrogens is 226 g/mol. The highest BCUT2D eigenvalue weighted by atomic mass is 35.5. The minimum Gasteiger partial charge on any atom is -0.466 e. The molecule has 0 radical (unpaired) electrons. The summed E-state index contributed by atoms with van der Waals surface area (Å²) in [5.74, 6) is -0.185. The van der Waals surface area contributed by atoms with Crippen LogP contribution in [-0.2, 0) is 9.53 Å². The van der Waals surface area contributed by atoms with Crippen LogP contribution >= 0.6 is 11.6 Å². The third-order valence-electron chi connectivity index (χ3n) is 2.22. The van der Waals surface area contributed by atoms with Crippen LogP contribution in [0.25, 0.3) is 0 Å². The highest BCUT2D eigenvalue weighted by molar-refractivity contribution is 6.31. The van der Waals surface area contributed by atoms with Gasteiger partial charge in [-0.25, -0.2) is 0 Å². The monoisotopic (exact) mass is 241 g/mol. The zero-order valence-corrected chi connectivity index (χ0v) is 10.3. The Bertz CT molecular complexity index is 366. The van der Waals surface area contributed by atoms with Gasteiger partial charge in [0, 0.05) is 17.3 Å². The first-order valence-electron chi connectivity index (χ1n) is 5.29. The minimum absolute atomic E-state index is 0.185. The van der Waals surface area contributed by atoms with Crippen molar-refractivity contribution < 1.29 is 9.53 Å². The lowest BCUT2D eigenvalue weighted by Crippen LogP contribution is -2.11. The van der Waals surface area contributed by atoms with E-state index >= 15 is 0 Å². The quantitative estimate of drug-likeness (QED) is 0.806. The Morgan fingerprint density at radius 3 is 2.94 bits per heavy atom. The van der Waals surface area contributed by atoms with Gasteiger partial charge in [0.1, 0.15) is 0 Å². The van der Waals surface area contributed by atoms with Gasteiger partial charge in [0.05, 0.1) is 13.0 Å². The lowest BCUT2D eigenvalue weighted by atomic mass is 10.2. The van der Waals surface area contributed by atoms with Gasteiger partial charge < -0.3 is 10.1 Å². The topological polar surface area (TPSA) is 38.3 Å². The molecule has 0 aromatic heterocycles. The van der Waals surface area contributed by atoms with Gasteiger partial charge in [-0.3, -0.25) is 4.79 Å². The molecule has 0 amide bonds. The van der Waals surface area contributed by atoms with Crippen molar-refractivity contribution in [1.82, 2.24) is 0 Å². The number of carbonyl (C=O) groups excluding carboxylic acids is 1. The van der Waals surface area contributed by atoms with E-state index in [2.05, 4.69) is 5.32 Å². The molecule has 1 aromatic carbocycles. The van der Waals surface area contributed by atoms with Gasteiger partial charge in [-0.15, -0.1) is 0 Å². The van der Waals surface area contributed by atoms with E-state index < -0.39 is 0 Å². The maximum atomic E-state index is 11.1. The van der Waals surface area contributed by atoms with Crippen molar-refractivity contribution in [3.8, 4) is 0 Å². The number of hydrogen-bond donors (Lipinski definition) is 1. The van der Waals surface area contributed by atoms with Crippen molar-refractivity contribution in [1.29, 1.82) is 0 Å². The summed E-state index contributed by atoms with van der Waals surface area (Å²) in [4.78, 5) is 11.1. The van der Waals surface area contributed by atoms with E-state index in [0.717, 1.165) is 16.3 Å². The van der Waals surface area contributed by atoms with Gasteiger partial charge in [-0.1, -0.05) is 17.7 Å². The third-order valence-corrected chi connectivity index (χ3v) is 2.63. The number of nitrogens with one attached hydrogen (secondary N) is 1. The van der Waals surface area contributed by atoms with Crippen molar-refractivity contribution in [2.45, 2.75) is 20.3 Å². The maximum Gasteiger partial charge on any atom is 0.307 e. The maximum absolute atomic E-state index is 11.1. The fourth-order valence-electron chi connectivity index (χ4n) is 1.33. The number of halogens is 1. The second-order valence-electron chi connectivity index (χ2n) is 3.39. The van der Waals surface area contributed by atoms with E-state index in [1.54, 1.807) is 6.92 Å². The molecule has 0 fully saturated rings. The van der Waals surface area contributed by atoms with E-state index in [0.29, 0.717) is 19.6 Å². The summed E-state index contributed by atoms with van der Waals surface area (Å²) < 4.78 is 4.83. The smallest absolute Gasteiger partial charge is 0.307 e. The zero-order chi connectivity index (χ0) is 12.0. The van der Waals surface area contributed by atoms with Gasteiger partial charge in [0.15, 0.2) is 0 Å². The molecule has 1 N–H and O–H groups in total. The van der Waals surface area contributed by atoms with Gasteiger partial charge in [-0.2, -0.15) is 0 Å². The summed E-state index contributed by atoms with van der Waals surface area (Å²) in [5, 5.41) is 3.88. The summed E-state index contributed by atoms with van der Waals surface area (Å²) in [6.07, 6.45) is 0.361. The summed E-state index contributed by atoms with van der Waals surface area (Å²) >= 11 is 5.97. The highest BCUT2D eigenvalue weighted by Gasteiger charge is 2.03. The van der Waals surface area contributed by atoms with Crippen LogP contribution in [0.2, 0.25) is 5.02 Å². The second-order valence-corrected chi connectivity index (χ2v) is 3.80. The molecule has 4 heteroatoms. The molecule has 0 aliphatic carbocycles. The molecule has 0 aliphatic heterocycles. The second kappa shape index (κ2) is 6.38. The van der Waals surface area contributed by atoms with Gasteiger partial charge in [0.2, 0.25) is 0 Å². The van der Waals surface area contributed by atoms with Gasteiger partial charge in [0.25, 0.3) is 0 Å². The standard InChI is InChI=1S/C12H16ClNO2/c1-3-16-12(15)7-8-14-11-6-4-5-10(13)9(11)2/h4-6,14H,3,7-8H2,1-2H3. The third kappa shape index (κ3) is 3.74. The van der Waals surface area contributed by atoms with E-state index in [1.807, 2.05) is 25.1 Å². The Morgan fingerprint density at radius 2 is 2.25 bits per heavy atom. The SMILES string of the molecule is CCOC(=O)CCNc1cccc(Cl)c1C. The molecule has 0 saturated heterocycles. The highest BCUT2D eigenvalue weighted by Crippen LogP contribution is 2.22. The normalized spacial score (nSPS) is 9.94. The fourth-order valence-corrected chi connectivity index (χ4v) is 1.51. The summed E-state index contributed by atoms with van der Waals surface area (Å²) in [6.45, 7) is 4.72. The molecule has 88 valence electrons. The van der Waals surface area contributed by atoms with E-state index in [1.165, 1.54) is 0 Å². The van der Waals surface area contributed by atoms with Gasteiger partial charge in [-0.05, 0) is 31.5 Å². The van der Waals surface area contributed by atoms with E-state index in [4.69, 9.17) is 16.3 Å². The number of hydrogen-bond acceptors (Lipinski definition) is 3. The van der Waals surface area contributed by atoms with Crippen molar-refractivity contribution in [3.05, 3.63) is 28.8 Å². The lowest BCUT2D eigenvalue weighted by molar-refractivity contribution is -0.142. The molecule has 1 rings (SSSR count). The molecule has 0 atom stereocenters.